The Balaban J connectivity index is 1.82. The quantitative estimate of drug-likeness (QED) is 0.881. The molecule has 0 aliphatic carbocycles. The van der Waals surface area contributed by atoms with Crippen molar-refractivity contribution in [2.75, 3.05) is 11.9 Å². The Bertz CT molecular complexity index is 429. The van der Waals surface area contributed by atoms with Gasteiger partial charge in [-0.3, -0.25) is 4.98 Å². The highest BCUT2D eigenvalue weighted by Gasteiger charge is 1.96. The molecule has 82 valence electrons. The molecule has 0 spiro atoms. The first-order valence-electron chi connectivity index (χ1n) is 4.97. The smallest absolute Gasteiger partial charge is 0.151 e. The molecule has 0 bridgehead atoms. The number of hydrogen-bond donors (Lipinski definition) is 1. The molecule has 4 nitrogen and oxygen atoms in total. The maximum atomic E-state index is 5.63. The summed E-state index contributed by atoms with van der Waals surface area (Å²) in [5, 5.41) is 11.2. The number of nitrogens with zero attached hydrogens (tertiary/aromatic N) is 3. The molecule has 5 heteroatoms. The molecule has 16 heavy (non-hydrogen) atoms. The third-order valence-electron chi connectivity index (χ3n) is 2.05. The van der Waals surface area contributed by atoms with Gasteiger partial charge in [0.05, 0.1) is 0 Å². The molecule has 2 rings (SSSR count). The van der Waals surface area contributed by atoms with Crippen LogP contribution in [0.2, 0.25) is 5.15 Å². The predicted molar refractivity (Wildman–Crippen MR) is 63.5 cm³/mol. The molecule has 0 aromatic carbocycles. The Morgan fingerprint density at radius 1 is 1.12 bits per heavy atom. The number of hydrogen-bond acceptors (Lipinski definition) is 4. The molecule has 0 atom stereocenters. The van der Waals surface area contributed by atoms with Crippen molar-refractivity contribution in [2.45, 2.75) is 6.42 Å². The van der Waals surface area contributed by atoms with E-state index in [2.05, 4.69) is 20.5 Å². The highest BCUT2D eigenvalue weighted by molar-refractivity contribution is 6.29. The lowest BCUT2D eigenvalue weighted by atomic mass is 10.3. The molecule has 0 saturated carbocycles. The summed E-state index contributed by atoms with van der Waals surface area (Å²) in [5.41, 5.74) is 1.05. The van der Waals surface area contributed by atoms with Crippen molar-refractivity contribution >= 4 is 17.4 Å². The molecule has 2 aromatic heterocycles. The first kappa shape index (κ1) is 10.8. The Morgan fingerprint density at radius 3 is 2.75 bits per heavy atom. The molecular formula is C11H11ClN4. The summed E-state index contributed by atoms with van der Waals surface area (Å²) in [4.78, 5) is 4.23. The fraction of sp³-hybridized carbons (Fsp3) is 0.182. The van der Waals surface area contributed by atoms with Gasteiger partial charge in [0, 0.05) is 24.9 Å². The van der Waals surface area contributed by atoms with Gasteiger partial charge in [0.2, 0.25) is 0 Å². The van der Waals surface area contributed by atoms with E-state index in [1.165, 1.54) is 0 Å². The van der Waals surface area contributed by atoms with Crippen molar-refractivity contribution in [1.82, 2.24) is 15.2 Å². The van der Waals surface area contributed by atoms with E-state index >= 15 is 0 Å². The van der Waals surface area contributed by atoms with Gasteiger partial charge in [0.1, 0.15) is 5.82 Å². The van der Waals surface area contributed by atoms with Crippen molar-refractivity contribution < 1.29 is 0 Å². The monoisotopic (exact) mass is 234 g/mol. The Hall–Kier alpha value is -1.68. The van der Waals surface area contributed by atoms with Gasteiger partial charge in [-0.05, 0) is 24.3 Å². The Morgan fingerprint density at radius 2 is 2.06 bits per heavy atom. The van der Waals surface area contributed by atoms with Crippen molar-refractivity contribution in [1.29, 1.82) is 0 Å². The summed E-state index contributed by atoms with van der Waals surface area (Å²) in [6.45, 7) is 0.771. The van der Waals surface area contributed by atoms with Gasteiger partial charge in [-0.25, -0.2) is 0 Å². The molecule has 0 amide bonds. The zero-order chi connectivity index (χ0) is 11.2. The van der Waals surface area contributed by atoms with Crippen LogP contribution < -0.4 is 5.32 Å². The number of halogens is 1. The molecule has 0 aliphatic rings. The van der Waals surface area contributed by atoms with Crippen LogP contribution in [0.4, 0.5) is 5.82 Å². The van der Waals surface area contributed by atoms with Gasteiger partial charge in [-0.2, -0.15) is 0 Å². The van der Waals surface area contributed by atoms with Crippen molar-refractivity contribution in [2.24, 2.45) is 0 Å². The van der Waals surface area contributed by atoms with E-state index < -0.39 is 0 Å². The Labute approximate surface area is 98.7 Å². The Kier molecular flexibility index (Phi) is 3.66. The molecule has 2 aromatic rings. The zero-order valence-corrected chi connectivity index (χ0v) is 9.35. The summed E-state index contributed by atoms with van der Waals surface area (Å²) >= 11 is 5.63. The second-order valence-corrected chi connectivity index (χ2v) is 3.63. The second kappa shape index (κ2) is 5.42. The normalized spacial score (nSPS) is 10.1. The zero-order valence-electron chi connectivity index (χ0n) is 8.60. The van der Waals surface area contributed by atoms with Crippen LogP contribution in [0.3, 0.4) is 0 Å². The van der Waals surface area contributed by atoms with Gasteiger partial charge in [0.25, 0.3) is 0 Å². The van der Waals surface area contributed by atoms with Gasteiger partial charge < -0.3 is 5.32 Å². The lowest BCUT2D eigenvalue weighted by molar-refractivity contribution is 0.935. The average molecular weight is 235 g/mol. The summed E-state index contributed by atoms with van der Waals surface area (Å²) < 4.78 is 0. The van der Waals surface area contributed by atoms with Crippen LogP contribution >= 0.6 is 11.6 Å². The number of anilines is 1. The van der Waals surface area contributed by atoms with Crippen LogP contribution in [0.1, 0.15) is 5.69 Å². The van der Waals surface area contributed by atoms with E-state index in [1.54, 1.807) is 18.3 Å². The van der Waals surface area contributed by atoms with Crippen molar-refractivity contribution in [3.8, 4) is 0 Å². The van der Waals surface area contributed by atoms with Crippen LogP contribution in [0.25, 0.3) is 0 Å². The number of aromatic nitrogens is 3. The number of rotatable bonds is 4. The first-order valence-corrected chi connectivity index (χ1v) is 5.35. The fourth-order valence-corrected chi connectivity index (χ4v) is 1.38. The highest BCUT2D eigenvalue weighted by Crippen LogP contribution is 2.05. The second-order valence-electron chi connectivity index (χ2n) is 3.24. The molecular weight excluding hydrogens is 224 g/mol. The number of nitrogens with one attached hydrogen (secondary N) is 1. The molecule has 1 N–H and O–H groups in total. The molecule has 0 fully saturated rings. The maximum Gasteiger partial charge on any atom is 0.151 e. The predicted octanol–water partition coefficient (Wildman–Crippen LogP) is 2.18. The minimum Gasteiger partial charge on any atom is -0.368 e. The van der Waals surface area contributed by atoms with E-state index in [4.69, 9.17) is 11.6 Å². The van der Waals surface area contributed by atoms with E-state index in [0.717, 1.165) is 24.5 Å². The highest BCUT2D eigenvalue weighted by atomic mass is 35.5. The van der Waals surface area contributed by atoms with Crippen LogP contribution in [-0.2, 0) is 6.42 Å². The van der Waals surface area contributed by atoms with E-state index in [9.17, 15) is 0 Å². The van der Waals surface area contributed by atoms with Gasteiger partial charge in [-0.15, -0.1) is 10.2 Å². The molecule has 2 heterocycles. The summed E-state index contributed by atoms with van der Waals surface area (Å²) in [7, 11) is 0. The summed E-state index contributed by atoms with van der Waals surface area (Å²) in [5.74, 6) is 0.723. The van der Waals surface area contributed by atoms with Crippen molar-refractivity contribution in [3.63, 3.8) is 0 Å². The SMILES string of the molecule is Clc1ccc(NCCc2ccccn2)nn1. The lowest BCUT2D eigenvalue weighted by Crippen LogP contribution is -2.07. The van der Waals surface area contributed by atoms with Gasteiger partial charge >= 0.3 is 0 Å². The van der Waals surface area contributed by atoms with Gasteiger partial charge in [-0.1, -0.05) is 17.7 Å². The van der Waals surface area contributed by atoms with Crippen LogP contribution in [0, 0.1) is 0 Å². The largest absolute Gasteiger partial charge is 0.368 e. The van der Waals surface area contributed by atoms with E-state index in [1.807, 2.05) is 18.2 Å². The van der Waals surface area contributed by atoms with Crippen molar-refractivity contribution in [3.05, 3.63) is 47.4 Å². The summed E-state index contributed by atoms with van der Waals surface area (Å²) in [6, 6.07) is 9.38. The van der Waals surface area contributed by atoms with E-state index in [-0.39, 0.29) is 0 Å². The maximum absolute atomic E-state index is 5.63. The first-order chi connectivity index (χ1) is 7.84. The minimum absolute atomic E-state index is 0.398. The summed E-state index contributed by atoms with van der Waals surface area (Å²) in [6.07, 6.45) is 2.64. The number of pyridine rings is 1. The molecule has 0 aliphatic heterocycles. The minimum atomic E-state index is 0.398. The van der Waals surface area contributed by atoms with Crippen LogP contribution in [0.15, 0.2) is 36.5 Å². The average Bonchev–Trinajstić information content (AvgIpc) is 2.33. The molecule has 0 unspecified atom stereocenters. The van der Waals surface area contributed by atoms with E-state index in [0.29, 0.717) is 5.15 Å². The van der Waals surface area contributed by atoms with Gasteiger partial charge in [0.15, 0.2) is 5.15 Å². The fourth-order valence-electron chi connectivity index (χ4n) is 1.27. The molecule has 0 radical (unpaired) electrons. The lowest BCUT2D eigenvalue weighted by Gasteiger charge is -2.03. The third kappa shape index (κ3) is 3.17. The van der Waals surface area contributed by atoms with Crippen LogP contribution in [0.5, 0.6) is 0 Å². The van der Waals surface area contributed by atoms with Crippen LogP contribution in [-0.4, -0.2) is 21.7 Å². The topological polar surface area (TPSA) is 50.7 Å². The third-order valence-corrected chi connectivity index (χ3v) is 2.25. The standard InChI is InChI=1S/C11H11ClN4/c12-10-4-5-11(16-15-10)14-8-6-9-3-1-2-7-13-9/h1-5,7H,6,8H2,(H,14,16). The molecule has 0 saturated heterocycles.